The van der Waals surface area contributed by atoms with E-state index in [0.717, 1.165) is 19.0 Å². The molecule has 0 aliphatic carbocycles. The van der Waals surface area contributed by atoms with Gasteiger partial charge in [-0.2, -0.15) is 0 Å². The molecule has 82 valence electrons. The average molecular weight is 286 g/mol. The third-order valence-electron chi connectivity index (χ3n) is 2.99. The Balaban J connectivity index is 2.17. The van der Waals surface area contributed by atoms with Crippen LogP contribution in [-0.4, -0.2) is 19.3 Å². The summed E-state index contributed by atoms with van der Waals surface area (Å²) in [5, 5.41) is 3.41. The molecule has 0 amide bonds. The fourth-order valence-electron chi connectivity index (χ4n) is 2.09. The van der Waals surface area contributed by atoms with Crippen LogP contribution >= 0.6 is 27.7 Å². The molecule has 0 atom stereocenters. The Hall–Kier alpha value is 0.01000. The van der Waals surface area contributed by atoms with Crippen molar-refractivity contribution < 1.29 is 0 Å². The molecule has 0 unspecified atom stereocenters. The lowest BCUT2D eigenvalue weighted by Crippen LogP contribution is -2.26. The molecule has 1 heterocycles. The van der Waals surface area contributed by atoms with Crippen molar-refractivity contribution in [2.24, 2.45) is 0 Å². The Labute approximate surface area is 104 Å². The second-order valence-electron chi connectivity index (χ2n) is 3.92. The van der Waals surface area contributed by atoms with Crippen LogP contribution in [0, 0.1) is 0 Å². The molecule has 0 aromatic heterocycles. The summed E-state index contributed by atoms with van der Waals surface area (Å²) in [6.07, 6.45) is 4.65. The van der Waals surface area contributed by atoms with Crippen LogP contribution in [0.2, 0.25) is 0 Å². The predicted octanol–water partition coefficient (Wildman–Crippen LogP) is 3.64. The van der Waals surface area contributed by atoms with Gasteiger partial charge >= 0.3 is 0 Å². The quantitative estimate of drug-likeness (QED) is 0.833. The predicted molar refractivity (Wildman–Crippen MR) is 70.8 cm³/mol. The highest BCUT2D eigenvalue weighted by atomic mass is 79.9. The normalized spacial score (nSPS) is 18.0. The Bertz CT molecular complexity index is 334. The van der Waals surface area contributed by atoms with Crippen molar-refractivity contribution in [1.29, 1.82) is 0 Å². The molecule has 1 aromatic carbocycles. The van der Waals surface area contributed by atoms with Crippen LogP contribution in [-0.2, 0) is 0 Å². The summed E-state index contributed by atoms with van der Waals surface area (Å²) in [5.74, 6) is 0.749. The molecule has 2 rings (SSSR count). The fraction of sp³-hybridized carbons (Fsp3) is 0.500. The maximum atomic E-state index is 3.64. The van der Waals surface area contributed by atoms with Crippen LogP contribution in [0.1, 0.15) is 24.3 Å². The summed E-state index contributed by atoms with van der Waals surface area (Å²) in [6.45, 7) is 2.32. The van der Waals surface area contributed by atoms with Crippen molar-refractivity contribution in [3.8, 4) is 0 Å². The molecule has 0 spiro atoms. The molecule has 1 nitrogen and oxygen atoms in total. The van der Waals surface area contributed by atoms with E-state index in [2.05, 4.69) is 45.7 Å². The summed E-state index contributed by atoms with van der Waals surface area (Å²) in [6, 6.07) is 6.81. The molecule has 1 aliphatic heterocycles. The lowest BCUT2D eigenvalue weighted by atomic mass is 9.90. The number of nitrogens with one attached hydrogen (secondary N) is 1. The molecule has 0 saturated carbocycles. The van der Waals surface area contributed by atoms with Crippen molar-refractivity contribution >= 4 is 27.7 Å². The van der Waals surface area contributed by atoms with Gasteiger partial charge in [0.25, 0.3) is 0 Å². The number of rotatable bonds is 2. The monoisotopic (exact) mass is 285 g/mol. The summed E-state index contributed by atoms with van der Waals surface area (Å²) in [5.41, 5.74) is 1.49. The fourth-order valence-corrected chi connectivity index (χ4v) is 3.43. The van der Waals surface area contributed by atoms with Gasteiger partial charge in [0.1, 0.15) is 0 Å². The van der Waals surface area contributed by atoms with Gasteiger partial charge in [-0.1, -0.05) is 6.07 Å². The van der Waals surface area contributed by atoms with Crippen LogP contribution in [0.25, 0.3) is 0 Å². The summed E-state index contributed by atoms with van der Waals surface area (Å²) in [4.78, 5) is 1.33. The Morgan fingerprint density at radius 2 is 2.07 bits per heavy atom. The second kappa shape index (κ2) is 5.37. The van der Waals surface area contributed by atoms with E-state index in [1.165, 1.54) is 27.8 Å². The average Bonchev–Trinajstić information content (AvgIpc) is 2.30. The van der Waals surface area contributed by atoms with Crippen LogP contribution in [0.15, 0.2) is 27.6 Å². The molecule has 1 aromatic rings. The number of halogens is 1. The highest BCUT2D eigenvalue weighted by Crippen LogP contribution is 2.32. The molecular weight excluding hydrogens is 270 g/mol. The van der Waals surface area contributed by atoms with Gasteiger partial charge in [0.05, 0.1) is 0 Å². The SMILES string of the molecule is CSc1ccc(C2CCNCC2)cc1Br. The smallest absolute Gasteiger partial charge is 0.0313 e. The van der Waals surface area contributed by atoms with Crippen molar-refractivity contribution in [3.05, 3.63) is 28.2 Å². The van der Waals surface area contributed by atoms with E-state index >= 15 is 0 Å². The summed E-state index contributed by atoms with van der Waals surface area (Å²) >= 11 is 5.43. The number of piperidine rings is 1. The maximum absolute atomic E-state index is 3.64. The number of benzene rings is 1. The molecule has 15 heavy (non-hydrogen) atoms. The lowest BCUT2D eigenvalue weighted by molar-refractivity contribution is 0.460. The third kappa shape index (κ3) is 2.77. The van der Waals surface area contributed by atoms with Crippen molar-refractivity contribution in [2.45, 2.75) is 23.7 Å². The third-order valence-corrected chi connectivity index (χ3v) is 4.70. The zero-order chi connectivity index (χ0) is 10.7. The minimum atomic E-state index is 0.749. The molecule has 0 radical (unpaired) electrons. The molecule has 0 bridgehead atoms. The summed E-state index contributed by atoms with van der Waals surface area (Å²) in [7, 11) is 0. The second-order valence-corrected chi connectivity index (χ2v) is 5.62. The van der Waals surface area contributed by atoms with Gasteiger partial charge in [-0.25, -0.2) is 0 Å². The van der Waals surface area contributed by atoms with Crippen molar-refractivity contribution in [3.63, 3.8) is 0 Å². The molecular formula is C12H16BrNS. The van der Waals surface area contributed by atoms with Gasteiger partial charge in [-0.3, -0.25) is 0 Å². The Morgan fingerprint density at radius 3 is 2.67 bits per heavy atom. The highest BCUT2D eigenvalue weighted by molar-refractivity contribution is 9.10. The number of hydrogen-bond donors (Lipinski definition) is 1. The molecule has 3 heteroatoms. The first-order valence-corrected chi connectivity index (χ1v) is 7.37. The molecule has 1 aliphatic rings. The first-order valence-electron chi connectivity index (χ1n) is 5.35. The van der Waals surface area contributed by atoms with Gasteiger partial charge in [0.15, 0.2) is 0 Å². The Kier molecular flexibility index (Phi) is 4.12. The van der Waals surface area contributed by atoms with Crippen molar-refractivity contribution in [1.82, 2.24) is 5.32 Å². The number of thioether (sulfide) groups is 1. The van der Waals surface area contributed by atoms with Crippen LogP contribution in [0.4, 0.5) is 0 Å². The first kappa shape index (κ1) is 11.5. The molecule has 1 fully saturated rings. The van der Waals surface area contributed by atoms with E-state index in [4.69, 9.17) is 0 Å². The topological polar surface area (TPSA) is 12.0 Å². The molecule has 1 saturated heterocycles. The van der Waals surface area contributed by atoms with Crippen LogP contribution < -0.4 is 5.32 Å². The van der Waals surface area contributed by atoms with Gasteiger partial charge in [0, 0.05) is 9.37 Å². The van der Waals surface area contributed by atoms with E-state index in [9.17, 15) is 0 Å². The lowest BCUT2D eigenvalue weighted by Gasteiger charge is -2.23. The number of hydrogen-bond acceptors (Lipinski definition) is 2. The standard InChI is InChI=1S/C12H16BrNS/c1-15-12-3-2-10(8-11(12)13)9-4-6-14-7-5-9/h2-3,8-9,14H,4-7H2,1H3. The molecule has 1 N–H and O–H groups in total. The maximum Gasteiger partial charge on any atom is 0.0313 e. The zero-order valence-corrected chi connectivity index (χ0v) is 11.3. The minimum Gasteiger partial charge on any atom is -0.317 e. The zero-order valence-electron chi connectivity index (χ0n) is 8.92. The first-order chi connectivity index (χ1) is 7.31. The summed E-state index contributed by atoms with van der Waals surface area (Å²) < 4.78 is 1.24. The van der Waals surface area contributed by atoms with Gasteiger partial charge in [0.2, 0.25) is 0 Å². The van der Waals surface area contributed by atoms with E-state index in [1.807, 2.05) is 0 Å². The van der Waals surface area contributed by atoms with Crippen LogP contribution in [0.5, 0.6) is 0 Å². The Morgan fingerprint density at radius 1 is 1.33 bits per heavy atom. The largest absolute Gasteiger partial charge is 0.317 e. The van der Waals surface area contributed by atoms with Crippen molar-refractivity contribution in [2.75, 3.05) is 19.3 Å². The van der Waals surface area contributed by atoms with E-state index in [-0.39, 0.29) is 0 Å². The van der Waals surface area contributed by atoms with Gasteiger partial charge in [-0.15, -0.1) is 11.8 Å². The van der Waals surface area contributed by atoms with Crippen LogP contribution in [0.3, 0.4) is 0 Å². The van der Waals surface area contributed by atoms with Gasteiger partial charge in [-0.05, 0) is 71.7 Å². The van der Waals surface area contributed by atoms with Gasteiger partial charge < -0.3 is 5.32 Å². The van der Waals surface area contributed by atoms with E-state index < -0.39 is 0 Å². The van der Waals surface area contributed by atoms with E-state index in [1.54, 1.807) is 11.8 Å². The minimum absolute atomic E-state index is 0.749. The van der Waals surface area contributed by atoms with E-state index in [0.29, 0.717) is 0 Å². The highest BCUT2D eigenvalue weighted by Gasteiger charge is 2.15.